The number of benzene rings is 2. The van der Waals surface area contributed by atoms with Crippen molar-refractivity contribution in [1.29, 1.82) is 0 Å². The molecule has 7 heteroatoms. The van der Waals surface area contributed by atoms with Crippen molar-refractivity contribution >= 4 is 17.8 Å². The SMILES string of the molecule is CCOC(=O)CCC(=O)N[C@H](Cc1ccc(OCc2ccccc2)cc1)C(=O)O. The van der Waals surface area contributed by atoms with Crippen LogP contribution in [0.3, 0.4) is 0 Å². The molecule has 0 aliphatic carbocycles. The Labute approximate surface area is 169 Å². The number of amides is 1. The van der Waals surface area contributed by atoms with E-state index in [0.717, 1.165) is 11.1 Å². The number of esters is 1. The van der Waals surface area contributed by atoms with Gasteiger partial charge in [-0.3, -0.25) is 9.59 Å². The van der Waals surface area contributed by atoms with Crippen LogP contribution in [-0.2, 0) is 32.1 Å². The third-order valence-electron chi connectivity index (χ3n) is 4.11. The van der Waals surface area contributed by atoms with Crippen molar-refractivity contribution in [1.82, 2.24) is 5.32 Å². The number of hydrogen-bond acceptors (Lipinski definition) is 5. The van der Waals surface area contributed by atoms with Crippen molar-refractivity contribution in [3.8, 4) is 5.75 Å². The highest BCUT2D eigenvalue weighted by molar-refractivity contribution is 5.85. The first-order valence-electron chi connectivity index (χ1n) is 9.41. The average molecular weight is 399 g/mol. The maximum Gasteiger partial charge on any atom is 0.326 e. The summed E-state index contributed by atoms with van der Waals surface area (Å²) in [5, 5.41) is 11.8. The van der Waals surface area contributed by atoms with E-state index in [4.69, 9.17) is 9.47 Å². The molecule has 0 aliphatic rings. The zero-order chi connectivity index (χ0) is 21.1. The van der Waals surface area contributed by atoms with Crippen molar-refractivity contribution in [3.05, 3.63) is 65.7 Å². The minimum Gasteiger partial charge on any atom is -0.489 e. The highest BCUT2D eigenvalue weighted by atomic mass is 16.5. The molecule has 0 aliphatic heterocycles. The predicted molar refractivity (Wildman–Crippen MR) is 106 cm³/mol. The number of hydrogen-bond donors (Lipinski definition) is 2. The molecule has 7 nitrogen and oxygen atoms in total. The Morgan fingerprint density at radius 2 is 1.66 bits per heavy atom. The molecule has 0 radical (unpaired) electrons. The molecule has 0 bridgehead atoms. The van der Waals surface area contributed by atoms with Gasteiger partial charge in [-0.2, -0.15) is 0 Å². The summed E-state index contributed by atoms with van der Waals surface area (Å²) < 4.78 is 10.5. The van der Waals surface area contributed by atoms with Crippen LogP contribution in [0.1, 0.15) is 30.9 Å². The molecule has 0 fully saturated rings. The van der Waals surface area contributed by atoms with Crippen molar-refractivity contribution in [3.63, 3.8) is 0 Å². The minimum absolute atomic E-state index is 0.0839. The first-order valence-corrected chi connectivity index (χ1v) is 9.41. The van der Waals surface area contributed by atoms with Crippen LogP contribution in [0, 0.1) is 0 Å². The number of carbonyl (C=O) groups excluding carboxylic acids is 2. The molecular weight excluding hydrogens is 374 g/mol. The van der Waals surface area contributed by atoms with Gasteiger partial charge in [0, 0.05) is 12.8 Å². The molecule has 2 rings (SSSR count). The summed E-state index contributed by atoms with van der Waals surface area (Å²) in [6, 6.07) is 15.7. The smallest absolute Gasteiger partial charge is 0.326 e. The molecule has 154 valence electrons. The standard InChI is InChI=1S/C22H25NO6/c1-2-28-21(25)13-12-20(24)23-19(22(26)27)14-16-8-10-18(11-9-16)29-15-17-6-4-3-5-7-17/h3-11,19H,2,12-15H2,1H3,(H,23,24)(H,26,27)/t19-/m1/s1. The summed E-state index contributed by atoms with van der Waals surface area (Å²) in [7, 11) is 0. The fourth-order valence-corrected chi connectivity index (χ4v) is 2.61. The summed E-state index contributed by atoms with van der Waals surface area (Å²) in [6.45, 7) is 2.36. The molecular formula is C22H25NO6. The van der Waals surface area contributed by atoms with Crippen molar-refractivity contribution in [2.24, 2.45) is 0 Å². The predicted octanol–water partition coefficient (Wildman–Crippen LogP) is 2.72. The average Bonchev–Trinajstić information content (AvgIpc) is 2.72. The van der Waals surface area contributed by atoms with E-state index in [0.29, 0.717) is 12.4 Å². The van der Waals surface area contributed by atoms with Crippen LogP contribution >= 0.6 is 0 Å². The lowest BCUT2D eigenvalue weighted by Gasteiger charge is -2.15. The van der Waals surface area contributed by atoms with Crippen LogP contribution in [-0.4, -0.2) is 35.6 Å². The fourth-order valence-electron chi connectivity index (χ4n) is 2.61. The Bertz CT molecular complexity index is 804. The third kappa shape index (κ3) is 8.04. The van der Waals surface area contributed by atoms with Crippen molar-refractivity contribution in [2.75, 3.05) is 6.61 Å². The van der Waals surface area contributed by atoms with Gasteiger partial charge in [0.05, 0.1) is 13.0 Å². The van der Waals surface area contributed by atoms with Gasteiger partial charge in [0.1, 0.15) is 18.4 Å². The minimum atomic E-state index is -1.14. The number of carbonyl (C=O) groups is 3. The summed E-state index contributed by atoms with van der Waals surface area (Å²) in [5.41, 5.74) is 1.79. The quantitative estimate of drug-likeness (QED) is 0.564. The first kappa shape index (κ1) is 21.9. The van der Waals surface area contributed by atoms with Gasteiger partial charge in [-0.1, -0.05) is 42.5 Å². The second-order valence-corrected chi connectivity index (χ2v) is 6.39. The van der Waals surface area contributed by atoms with Gasteiger partial charge in [-0.15, -0.1) is 0 Å². The van der Waals surface area contributed by atoms with E-state index in [9.17, 15) is 19.5 Å². The Kier molecular flexibility index (Phi) is 8.69. The fraction of sp³-hybridized carbons (Fsp3) is 0.318. The number of nitrogens with one attached hydrogen (secondary N) is 1. The monoisotopic (exact) mass is 399 g/mol. The van der Waals surface area contributed by atoms with Crippen LogP contribution in [0.4, 0.5) is 0 Å². The van der Waals surface area contributed by atoms with Gasteiger partial charge in [0.15, 0.2) is 0 Å². The Morgan fingerprint density at radius 3 is 2.28 bits per heavy atom. The normalized spacial score (nSPS) is 11.3. The maximum atomic E-state index is 11.9. The highest BCUT2D eigenvalue weighted by Crippen LogP contribution is 2.15. The van der Waals surface area contributed by atoms with E-state index in [1.165, 1.54) is 0 Å². The van der Waals surface area contributed by atoms with Gasteiger partial charge >= 0.3 is 11.9 Å². The molecule has 1 atom stereocenters. The van der Waals surface area contributed by atoms with E-state index in [1.54, 1.807) is 31.2 Å². The number of carboxylic acids is 1. The van der Waals surface area contributed by atoms with Crippen LogP contribution in [0.15, 0.2) is 54.6 Å². The molecule has 29 heavy (non-hydrogen) atoms. The van der Waals surface area contributed by atoms with Gasteiger partial charge in [0.25, 0.3) is 0 Å². The molecule has 0 saturated carbocycles. The second kappa shape index (κ2) is 11.5. The van der Waals surface area contributed by atoms with Crippen LogP contribution in [0.5, 0.6) is 5.75 Å². The molecule has 1 amide bonds. The van der Waals surface area contributed by atoms with E-state index >= 15 is 0 Å². The largest absolute Gasteiger partial charge is 0.489 e. The van der Waals surface area contributed by atoms with E-state index in [-0.39, 0.29) is 25.9 Å². The lowest BCUT2D eigenvalue weighted by atomic mass is 10.1. The lowest BCUT2D eigenvalue weighted by molar-refractivity contribution is -0.144. The van der Waals surface area contributed by atoms with Gasteiger partial charge in [0.2, 0.25) is 5.91 Å². The van der Waals surface area contributed by atoms with Crippen molar-refractivity contribution < 1.29 is 29.0 Å². The van der Waals surface area contributed by atoms with E-state index in [1.807, 2.05) is 30.3 Å². The van der Waals surface area contributed by atoms with Crippen LogP contribution in [0.25, 0.3) is 0 Å². The topological polar surface area (TPSA) is 102 Å². The summed E-state index contributed by atoms with van der Waals surface area (Å²) >= 11 is 0. The van der Waals surface area contributed by atoms with Gasteiger partial charge in [-0.25, -0.2) is 4.79 Å². The maximum absolute atomic E-state index is 11.9. The van der Waals surface area contributed by atoms with E-state index < -0.39 is 23.9 Å². The van der Waals surface area contributed by atoms with Gasteiger partial charge in [-0.05, 0) is 30.2 Å². The molecule has 2 aromatic rings. The third-order valence-corrected chi connectivity index (χ3v) is 4.11. The van der Waals surface area contributed by atoms with Crippen molar-refractivity contribution in [2.45, 2.75) is 38.8 Å². The molecule has 0 aromatic heterocycles. The number of aliphatic carboxylic acids is 1. The second-order valence-electron chi connectivity index (χ2n) is 6.39. The van der Waals surface area contributed by atoms with E-state index in [2.05, 4.69) is 5.32 Å². The highest BCUT2D eigenvalue weighted by Gasteiger charge is 2.21. The Morgan fingerprint density at radius 1 is 0.966 bits per heavy atom. The number of rotatable bonds is 11. The molecule has 0 unspecified atom stereocenters. The molecule has 0 spiro atoms. The number of ether oxygens (including phenoxy) is 2. The lowest BCUT2D eigenvalue weighted by Crippen LogP contribution is -2.42. The first-order chi connectivity index (χ1) is 14.0. The Hall–Kier alpha value is -3.35. The molecule has 2 N–H and O–H groups in total. The summed E-state index contributed by atoms with van der Waals surface area (Å²) in [4.78, 5) is 34.7. The Balaban J connectivity index is 1.85. The van der Waals surface area contributed by atoms with Crippen LogP contribution in [0.2, 0.25) is 0 Å². The van der Waals surface area contributed by atoms with Gasteiger partial charge < -0.3 is 19.9 Å². The zero-order valence-electron chi connectivity index (χ0n) is 16.3. The van der Waals surface area contributed by atoms with Crippen LogP contribution < -0.4 is 10.1 Å². The zero-order valence-corrected chi connectivity index (χ0v) is 16.3. The molecule has 0 saturated heterocycles. The number of carboxylic acid groups (broad SMARTS) is 1. The summed E-state index contributed by atoms with van der Waals surface area (Å²) in [6.07, 6.45) is -0.0756. The molecule has 0 heterocycles. The summed E-state index contributed by atoms with van der Waals surface area (Å²) in [5.74, 6) is -1.46. The molecule has 2 aromatic carbocycles.